The van der Waals surface area contributed by atoms with Gasteiger partial charge in [0.1, 0.15) is 11.4 Å². The SMILES string of the molecule is COc1ccc(NC2=C(c3ccc(C)cc3C)C(=O)N(Cc3ccccc3)C2=O)cc1Cl. The second kappa shape index (κ2) is 8.89. The molecular formula is C26H23ClN2O3. The molecule has 6 heteroatoms. The number of aryl methyl sites for hydroxylation is 2. The Morgan fingerprint density at radius 3 is 2.34 bits per heavy atom. The maximum absolute atomic E-state index is 13.5. The molecule has 0 aliphatic carbocycles. The minimum absolute atomic E-state index is 0.196. The summed E-state index contributed by atoms with van der Waals surface area (Å²) in [7, 11) is 1.54. The number of hydrogen-bond donors (Lipinski definition) is 1. The van der Waals surface area contributed by atoms with E-state index in [0.717, 1.165) is 22.3 Å². The van der Waals surface area contributed by atoms with Gasteiger partial charge in [0.25, 0.3) is 11.8 Å². The molecule has 0 fully saturated rings. The van der Waals surface area contributed by atoms with Gasteiger partial charge >= 0.3 is 0 Å². The number of nitrogens with one attached hydrogen (secondary N) is 1. The zero-order chi connectivity index (χ0) is 22.8. The summed E-state index contributed by atoms with van der Waals surface area (Å²) in [6, 6.07) is 20.4. The van der Waals surface area contributed by atoms with Gasteiger partial charge in [0.05, 0.1) is 24.3 Å². The quantitative estimate of drug-likeness (QED) is 0.518. The number of imide groups is 1. The van der Waals surface area contributed by atoms with Gasteiger partial charge in [-0.25, -0.2) is 0 Å². The van der Waals surface area contributed by atoms with Crippen LogP contribution in [-0.2, 0) is 16.1 Å². The van der Waals surface area contributed by atoms with Crippen LogP contribution in [0.15, 0.2) is 72.4 Å². The van der Waals surface area contributed by atoms with E-state index in [1.165, 1.54) is 12.0 Å². The Morgan fingerprint density at radius 1 is 0.938 bits per heavy atom. The standard InChI is InChI=1S/C26H23ClN2O3/c1-16-9-11-20(17(2)13-16)23-24(28-19-10-12-22(32-3)21(27)14-19)26(31)29(25(23)30)15-18-7-5-4-6-8-18/h4-14,28H,15H2,1-3H3. The summed E-state index contributed by atoms with van der Waals surface area (Å²) < 4.78 is 5.21. The van der Waals surface area contributed by atoms with E-state index < -0.39 is 0 Å². The van der Waals surface area contributed by atoms with Crippen molar-refractivity contribution < 1.29 is 14.3 Å². The molecular weight excluding hydrogens is 424 g/mol. The van der Waals surface area contributed by atoms with E-state index in [-0.39, 0.29) is 24.1 Å². The number of methoxy groups -OCH3 is 1. The zero-order valence-electron chi connectivity index (χ0n) is 18.1. The van der Waals surface area contributed by atoms with Crippen molar-refractivity contribution in [3.63, 3.8) is 0 Å². The molecule has 0 atom stereocenters. The van der Waals surface area contributed by atoms with E-state index in [2.05, 4.69) is 5.32 Å². The van der Waals surface area contributed by atoms with Gasteiger partial charge in [-0.1, -0.05) is 65.7 Å². The highest BCUT2D eigenvalue weighted by molar-refractivity contribution is 6.37. The summed E-state index contributed by atoms with van der Waals surface area (Å²) in [5, 5.41) is 3.55. The molecule has 162 valence electrons. The average molecular weight is 447 g/mol. The van der Waals surface area contributed by atoms with Crippen LogP contribution in [0.4, 0.5) is 5.69 Å². The minimum atomic E-state index is -0.374. The molecule has 32 heavy (non-hydrogen) atoms. The van der Waals surface area contributed by atoms with Crippen molar-refractivity contribution in [1.29, 1.82) is 0 Å². The Kier molecular flexibility index (Phi) is 6.01. The van der Waals surface area contributed by atoms with Crippen LogP contribution in [0.25, 0.3) is 5.57 Å². The van der Waals surface area contributed by atoms with E-state index in [1.54, 1.807) is 18.2 Å². The van der Waals surface area contributed by atoms with Crippen LogP contribution in [0.3, 0.4) is 0 Å². The summed E-state index contributed by atoms with van der Waals surface area (Å²) in [5.41, 5.74) is 4.80. The number of benzene rings is 3. The molecule has 5 nitrogen and oxygen atoms in total. The van der Waals surface area contributed by atoms with Crippen molar-refractivity contribution in [3.8, 4) is 5.75 Å². The minimum Gasteiger partial charge on any atom is -0.495 e. The highest BCUT2D eigenvalue weighted by Crippen LogP contribution is 2.35. The Morgan fingerprint density at radius 2 is 1.69 bits per heavy atom. The number of ether oxygens (including phenoxy) is 1. The molecule has 1 aliphatic rings. The molecule has 0 radical (unpaired) electrons. The first-order valence-electron chi connectivity index (χ1n) is 10.2. The van der Waals surface area contributed by atoms with Crippen molar-refractivity contribution >= 4 is 34.7 Å². The molecule has 0 spiro atoms. The first-order valence-corrected chi connectivity index (χ1v) is 10.6. The Hall–Kier alpha value is -3.57. The van der Waals surface area contributed by atoms with Crippen molar-refractivity contribution in [2.45, 2.75) is 20.4 Å². The summed E-state index contributed by atoms with van der Waals surface area (Å²) in [4.78, 5) is 28.2. The van der Waals surface area contributed by atoms with E-state index in [0.29, 0.717) is 22.0 Å². The fraction of sp³-hybridized carbons (Fsp3) is 0.154. The lowest BCUT2D eigenvalue weighted by atomic mass is 9.97. The lowest BCUT2D eigenvalue weighted by Crippen LogP contribution is -2.32. The van der Waals surface area contributed by atoms with Gasteiger partial charge < -0.3 is 10.1 Å². The van der Waals surface area contributed by atoms with Gasteiger partial charge in [-0.05, 0) is 48.7 Å². The predicted octanol–water partition coefficient (Wildman–Crippen LogP) is 5.36. The van der Waals surface area contributed by atoms with Crippen LogP contribution in [0.2, 0.25) is 5.02 Å². The molecule has 1 heterocycles. The van der Waals surface area contributed by atoms with Crippen molar-refractivity contribution in [2.24, 2.45) is 0 Å². The topological polar surface area (TPSA) is 58.6 Å². The third-order valence-electron chi connectivity index (χ3n) is 5.42. The fourth-order valence-corrected chi connectivity index (χ4v) is 4.09. The highest BCUT2D eigenvalue weighted by Gasteiger charge is 2.39. The van der Waals surface area contributed by atoms with Gasteiger partial charge in [0.15, 0.2) is 0 Å². The third-order valence-corrected chi connectivity index (χ3v) is 5.72. The molecule has 1 N–H and O–H groups in total. The molecule has 4 rings (SSSR count). The van der Waals surface area contributed by atoms with Crippen LogP contribution in [0, 0.1) is 13.8 Å². The van der Waals surface area contributed by atoms with Crippen LogP contribution in [-0.4, -0.2) is 23.8 Å². The summed E-state index contributed by atoms with van der Waals surface area (Å²) in [6.07, 6.45) is 0. The van der Waals surface area contributed by atoms with Gasteiger partial charge in [0, 0.05) is 5.69 Å². The van der Waals surface area contributed by atoms with Crippen LogP contribution < -0.4 is 10.1 Å². The molecule has 3 aromatic rings. The molecule has 3 aromatic carbocycles. The van der Waals surface area contributed by atoms with Crippen LogP contribution in [0.5, 0.6) is 5.75 Å². The maximum atomic E-state index is 13.5. The van der Waals surface area contributed by atoms with Gasteiger partial charge in [0.2, 0.25) is 0 Å². The number of anilines is 1. The first-order chi connectivity index (χ1) is 15.4. The number of rotatable bonds is 6. The van der Waals surface area contributed by atoms with Gasteiger partial charge in [-0.2, -0.15) is 0 Å². The molecule has 0 saturated carbocycles. The van der Waals surface area contributed by atoms with Crippen LogP contribution >= 0.6 is 11.6 Å². The lowest BCUT2D eigenvalue weighted by Gasteiger charge is -2.15. The second-order valence-corrected chi connectivity index (χ2v) is 8.13. The van der Waals surface area contributed by atoms with E-state index in [1.807, 2.05) is 62.4 Å². The lowest BCUT2D eigenvalue weighted by molar-refractivity contribution is -0.137. The maximum Gasteiger partial charge on any atom is 0.278 e. The summed E-state index contributed by atoms with van der Waals surface area (Å²) >= 11 is 6.27. The predicted molar refractivity (Wildman–Crippen MR) is 126 cm³/mol. The molecule has 0 unspecified atom stereocenters. The van der Waals surface area contributed by atoms with Crippen molar-refractivity contribution in [3.05, 3.63) is 99.7 Å². The van der Waals surface area contributed by atoms with Crippen molar-refractivity contribution in [2.75, 3.05) is 12.4 Å². The Bertz CT molecular complexity index is 1240. The molecule has 1 aliphatic heterocycles. The van der Waals surface area contributed by atoms with Crippen LogP contribution in [0.1, 0.15) is 22.3 Å². The summed E-state index contributed by atoms with van der Waals surface area (Å²) in [5.74, 6) is -0.172. The average Bonchev–Trinajstić information content (AvgIpc) is 2.99. The number of amides is 2. The number of halogens is 1. The number of carbonyl (C=O) groups is 2. The second-order valence-electron chi connectivity index (χ2n) is 7.72. The molecule has 0 saturated heterocycles. The largest absolute Gasteiger partial charge is 0.495 e. The smallest absolute Gasteiger partial charge is 0.278 e. The van der Waals surface area contributed by atoms with Crippen molar-refractivity contribution in [1.82, 2.24) is 4.90 Å². The Balaban J connectivity index is 1.78. The van der Waals surface area contributed by atoms with Gasteiger partial charge in [-0.15, -0.1) is 0 Å². The zero-order valence-corrected chi connectivity index (χ0v) is 18.9. The highest BCUT2D eigenvalue weighted by atomic mass is 35.5. The fourth-order valence-electron chi connectivity index (χ4n) is 3.83. The molecule has 2 amide bonds. The first kappa shape index (κ1) is 21.7. The monoisotopic (exact) mass is 446 g/mol. The number of carbonyl (C=O) groups excluding carboxylic acids is 2. The number of nitrogens with zero attached hydrogens (tertiary/aromatic N) is 1. The normalized spacial score (nSPS) is 13.7. The van der Waals surface area contributed by atoms with Gasteiger partial charge in [-0.3, -0.25) is 14.5 Å². The molecule has 0 aromatic heterocycles. The van der Waals surface area contributed by atoms with E-state index in [4.69, 9.17) is 16.3 Å². The van der Waals surface area contributed by atoms with E-state index >= 15 is 0 Å². The molecule has 0 bridgehead atoms. The summed E-state index contributed by atoms with van der Waals surface area (Å²) in [6.45, 7) is 4.13. The van der Waals surface area contributed by atoms with E-state index in [9.17, 15) is 9.59 Å². The Labute approximate surface area is 192 Å². The third kappa shape index (κ3) is 4.12. The number of hydrogen-bond acceptors (Lipinski definition) is 4.